The number of sulfonamides is 1. The molecule has 0 aliphatic heterocycles. The third kappa shape index (κ3) is 5.22. The van der Waals surface area contributed by atoms with Crippen LogP contribution >= 0.6 is 23.5 Å². The van der Waals surface area contributed by atoms with E-state index in [0.717, 1.165) is 15.2 Å². The molecule has 5 aromatic rings. The molecule has 1 N–H and O–H groups in total. The highest BCUT2D eigenvalue weighted by molar-refractivity contribution is 7.99. The molecule has 0 aliphatic rings. The Kier molecular flexibility index (Phi) is 6.48. The molecule has 0 aliphatic carbocycles. The maximum Gasteiger partial charge on any atom is 0.264 e. The quantitative estimate of drug-likeness (QED) is 0.287. The predicted molar refractivity (Wildman–Crippen MR) is 136 cm³/mol. The van der Waals surface area contributed by atoms with E-state index in [2.05, 4.69) is 19.7 Å². The zero-order valence-corrected chi connectivity index (χ0v) is 20.1. The van der Waals surface area contributed by atoms with Crippen molar-refractivity contribution >= 4 is 50.3 Å². The topological polar surface area (TPSA) is 84.8 Å². The molecule has 0 amide bonds. The van der Waals surface area contributed by atoms with E-state index >= 15 is 0 Å². The molecule has 1 aromatic heterocycles. The summed E-state index contributed by atoms with van der Waals surface area (Å²) in [5.74, 6) is -0.0280. The minimum Gasteiger partial charge on any atom is -0.247 e. The smallest absolute Gasteiger partial charge is 0.247 e. The van der Waals surface area contributed by atoms with Crippen molar-refractivity contribution in [3.63, 3.8) is 0 Å². The molecular weight excluding hydrogens is 485 g/mol. The summed E-state index contributed by atoms with van der Waals surface area (Å²) in [5, 5.41) is 2.26. The molecule has 0 spiro atoms. The zero-order chi connectivity index (χ0) is 23.4. The second-order valence-corrected chi connectivity index (χ2v) is 10.9. The Bertz CT molecular complexity index is 1480. The molecule has 1 heterocycles. The molecule has 168 valence electrons. The van der Waals surface area contributed by atoms with Crippen LogP contribution in [-0.2, 0) is 10.0 Å². The van der Waals surface area contributed by atoms with Crippen molar-refractivity contribution in [1.29, 1.82) is 0 Å². The van der Waals surface area contributed by atoms with Gasteiger partial charge in [0.1, 0.15) is 0 Å². The van der Waals surface area contributed by atoms with Crippen molar-refractivity contribution < 1.29 is 8.42 Å². The van der Waals surface area contributed by atoms with Crippen LogP contribution in [0.5, 0.6) is 0 Å². The average molecular weight is 503 g/mol. The van der Waals surface area contributed by atoms with Gasteiger partial charge in [-0.2, -0.15) is 15.0 Å². The van der Waals surface area contributed by atoms with Gasteiger partial charge in [0.05, 0.1) is 4.90 Å². The lowest BCUT2D eigenvalue weighted by Gasteiger charge is -2.11. The Morgan fingerprint density at radius 2 is 1.12 bits per heavy atom. The molecule has 9 heteroatoms. The van der Waals surface area contributed by atoms with Gasteiger partial charge < -0.3 is 0 Å². The second kappa shape index (κ2) is 9.84. The summed E-state index contributed by atoms with van der Waals surface area (Å²) in [6.07, 6.45) is 0. The number of hydrogen-bond donors (Lipinski definition) is 1. The Balaban J connectivity index is 1.52. The van der Waals surface area contributed by atoms with Gasteiger partial charge in [-0.1, -0.05) is 72.8 Å². The maximum atomic E-state index is 13.3. The Morgan fingerprint density at radius 1 is 0.588 bits per heavy atom. The van der Waals surface area contributed by atoms with E-state index in [1.807, 2.05) is 84.9 Å². The van der Waals surface area contributed by atoms with Crippen LogP contribution in [0.3, 0.4) is 0 Å². The van der Waals surface area contributed by atoms with Crippen LogP contribution < -0.4 is 4.72 Å². The number of fused-ring (bicyclic) bond motifs is 1. The van der Waals surface area contributed by atoms with Crippen LogP contribution in [0.1, 0.15) is 0 Å². The second-order valence-electron chi connectivity index (χ2n) is 7.14. The molecule has 34 heavy (non-hydrogen) atoms. The van der Waals surface area contributed by atoms with Crippen LogP contribution in [0.4, 0.5) is 5.95 Å². The summed E-state index contributed by atoms with van der Waals surface area (Å²) >= 11 is 2.68. The van der Waals surface area contributed by atoms with Crippen molar-refractivity contribution in [2.75, 3.05) is 4.72 Å². The first-order chi connectivity index (χ1) is 16.6. The van der Waals surface area contributed by atoms with Gasteiger partial charge in [-0.15, -0.1) is 0 Å². The molecule has 6 nitrogen and oxygen atoms in total. The Morgan fingerprint density at radius 3 is 1.74 bits per heavy atom. The highest BCUT2D eigenvalue weighted by Crippen LogP contribution is 2.31. The molecule has 4 aromatic carbocycles. The summed E-state index contributed by atoms with van der Waals surface area (Å²) in [4.78, 5) is 15.4. The fourth-order valence-electron chi connectivity index (χ4n) is 3.27. The van der Waals surface area contributed by atoms with Crippen LogP contribution in [0.15, 0.2) is 128 Å². The number of nitrogens with zero attached hydrogens (tertiary/aromatic N) is 3. The lowest BCUT2D eigenvalue weighted by Crippen LogP contribution is -2.16. The molecule has 0 fully saturated rings. The van der Waals surface area contributed by atoms with E-state index < -0.39 is 10.0 Å². The molecule has 0 unspecified atom stereocenters. The van der Waals surface area contributed by atoms with Crippen LogP contribution in [0.2, 0.25) is 0 Å². The number of benzene rings is 4. The normalized spacial score (nSPS) is 11.4. The van der Waals surface area contributed by atoms with Gasteiger partial charge in [-0.3, -0.25) is 0 Å². The van der Waals surface area contributed by atoms with Crippen molar-refractivity contribution in [2.24, 2.45) is 0 Å². The lowest BCUT2D eigenvalue weighted by molar-refractivity contribution is 0.601. The minimum absolute atomic E-state index is 0.0280. The number of anilines is 1. The van der Waals surface area contributed by atoms with Crippen molar-refractivity contribution in [2.45, 2.75) is 25.0 Å². The van der Waals surface area contributed by atoms with Gasteiger partial charge >= 0.3 is 0 Å². The highest BCUT2D eigenvalue weighted by atomic mass is 32.2. The van der Waals surface area contributed by atoms with Crippen molar-refractivity contribution in [1.82, 2.24) is 15.0 Å². The minimum atomic E-state index is -3.94. The van der Waals surface area contributed by atoms with E-state index in [0.29, 0.717) is 15.7 Å². The Labute approximate surface area is 206 Å². The van der Waals surface area contributed by atoms with Gasteiger partial charge in [0.25, 0.3) is 10.0 Å². The molecule has 5 rings (SSSR count). The SMILES string of the molecule is O=S(=O)(Nc1nc(Sc2ccccc2)nc(Sc2ccccc2)n1)c1cccc2ccccc12. The van der Waals surface area contributed by atoms with Gasteiger partial charge in [0, 0.05) is 15.2 Å². The van der Waals surface area contributed by atoms with E-state index in [-0.39, 0.29) is 10.8 Å². The molecule has 0 saturated carbocycles. The molecular formula is C25H18N4O2S3. The zero-order valence-electron chi connectivity index (χ0n) is 17.7. The molecule has 0 bridgehead atoms. The molecule has 0 radical (unpaired) electrons. The van der Waals surface area contributed by atoms with Gasteiger partial charge in [0.2, 0.25) is 5.95 Å². The third-order valence-corrected chi connectivity index (χ3v) is 7.90. The summed E-state index contributed by atoms with van der Waals surface area (Å²) in [7, 11) is -3.94. The van der Waals surface area contributed by atoms with E-state index in [1.54, 1.807) is 18.2 Å². The van der Waals surface area contributed by atoms with Crippen LogP contribution in [0, 0.1) is 0 Å². The predicted octanol–water partition coefficient (Wildman–Crippen LogP) is 6.13. The fraction of sp³-hybridized carbons (Fsp3) is 0. The standard InChI is InChI=1S/C25H18N4O2S3/c30-34(31,22-17-9-11-18-10-7-8-16-21(18)22)29-23-26-24(32-19-12-3-1-4-13-19)28-25(27-23)33-20-14-5-2-6-15-20/h1-17H,(H,26,27,28,29). The number of hydrogen-bond acceptors (Lipinski definition) is 7. The van der Waals surface area contributed by atoms with E-state index in [4.69, 9.17) is 0 Å². The average Bonchev–Trinajstić information content (AvgIpc) is 2.84. The van der Waals surface area contributed by atoms with Gasteiger partial charge in [-0.25, -0.2) is 13.1 Å². The molecule has 0 atom stereocenters. The number of nitrogens with one attached hydrogen (secondary N) is 1. The Hall–Kier alpha value is -3.40. The largest absolute Gasteiger partial charge is 0.264 e. The van der Waals surface area contributed by atoms with Crippen molar-refractivity contribution in [3.8, 4) is 0 Å². The first-order valence-electron chi connectivity index (χ1n) is 10.3. The highest BCUT2D eigenvalue weighted by Gasteiger charge is 2.20. The third-order valence-electron chi connectivity index (χ3n) is 4.76. The first-order valence-corrected chi connectivity index (χ1v) is 13.4. The van der Waals surface area contributed by atoms with Gasteiger partial charge in [0.15, 0.2) is 10.3 Å². The number of aromatic nitrogens is 3. The summed E-state index contributed by atoms with van der Waals surface area (Å²) in [5.41, 5.74) is 0. The number of rotatable bonds is 7. The van der Waals surface area contributed by atoms with Crippen LogP contribution in [0.25, 0.3) is 10.8 Å². The summed E-state index contributed by atoms with van der Waals surface area (Å²) in [6.45, 7) is 0. The van der Waals surface area contributed by atoms with E-state index in [9.17, 15) is 8.42 Å². The lowest BCUT2D eigenvalue weighted by atomic mass is 10.1. The summed E-state index contributed by atoms with van der Waals surface area (Å²) in [6, 6.07) is 31.8. The van der Waals surface area contributed by atoms with Crippen molar-refractivity contribution in [3.05, 3.63) is 103 Å². The van der Waals surface area contributed by atoms with Crippen LogP contribution in [-0.4, -0.2) is 23.4 Å². The summed E-state index contributed by atoms with van der Waals surface area (Å²) < 4.78 is 29.2. The maximum absolute atomic E-state index is 13.3. The van der Waals surface area contributed by atoms with Gasteiger partial charge in [-0.05, 0) is 59.2 Å². The molecule has 0 saturated heterocycles. The first kappa shape index (κ1) is 22.4. The monoisotopic (exact) mass is 502 g/mol. The fourth-order valence-corrected chi connectivity index (χ4v) is 6.04. The van der Waals surface area contributed by atoms with E-state index in [1.165, 1.54) is 23.5 Å².